The number of carbonyl (C=O) groups is 2. The third-order valence-corrected chi connectivity index (χ3v) is 7.27. The van der Waals surface area contributed by atoms with Crippen molar-refractivity contribution in [2.75, 3.05) is 4.90 Å². The second kappa shape index (κ2) is 9.27. The molecule has 0 bridgehead atoms. The Labute approximate surface area is 194 Å². The smallest absolute Gasteiger partial charge is 0.259 e. The number of amides is 2. The van der Waals surface area contributed by atoms with E-state index in [9.17, 15) is 13.8 Å². The summed E-state index contributed by atoms with van der Waals surface area (Å²) in [5.41, 5.74) is 2.15. The molecular formula is C25H23ClN2O3S. The monoisotopic (exact) mass is 466 g/mol. The van der Waals surface area contributed by atoms with Crippen molar-refractivity contribution >= 4 is 39.9 Å². The molecule has 4 rings (SSSR count). The molecule has 0 spiro atoms. The van der Waals surface area contributed by atoms with Gasteiger partial charge >= 0.3 is 0 Å². The van der Waals surface area contributed by atoms with E-state index in [2.05, 4.69) is 5.32 Å². The van der Waals surface area contributed by atoms with Crippen LogP contribution in [0, 0.1) is 0 Å². The predicted molar refractivity (Wildman–Crippen MR) is 127 cm³/mol. The lowest BCUT2D eigenvalue weighted by Gasteiger charge is -2.24. The molecule has 0 saturated carbocycles. The quantitative estimate of drug-likeness (QED) is 0.562. The number of fused-ring (bicyclic) bond motifs is 2. The Morgan fingerprint density at radius 3 is 2.50 bits per heavy atom. The van der Waals surface area contributed by atoms with Crippen molar-refractivity contribution in [2.45, 2.75) is 42.6 Å². The summed E-state index contributed by atoms with van der Waals surface area (Å²) in [5, 5.41) is 3.55. The molecule has 2 amide bonds. The summed E-state index contributed by atoms with van der Waals surface area (Å²) < 4.78 is 13.4. The molecule has 0 unspecified atom stereocenters. The van der Waals surface area contributed by atoms with E-state index in [0.717, 1.165) is 12.0 Å². The number of halogens is 1. The normalized spacial score (nSPS) is 16.0. The van der Waals surface area contributed by atoms with Gasteiger partial charge in [-0.15, -0.1) is 0 Å². The van der Waals surface area contributed by atoms with E-state index in [4.69, 9.17) is 11.6 Å². The van der Waals surface area contributed by atoms with Gasteiger partial charge in [-0.1, -0.05) is 42.8 Å². The standard InChI is InChI=1S/C25H23ClN2O3S/c1-3-16(2)27-24(29)18-10-13-23-21(14-18)28(15-17-8-11-19(26)12-9-17)25(30)20-6-4-5-7-22(20)32(23)31/h4-14,16H,3,15H2,1-2H3,(H,27,29)/t16-,32+/m0/s1. The number of anilines is 1. The molecule has 1 heterocycles. The lowest BCUT2D eigenvalue weighted by atomic mass is 10.1. The van der Waals surface area contributed by atoms with E-state index in [1.807, 2.05) is 26.0 Å². The zero-order chi connectivity index (χ0) is 22.8. The maximum atomic E-state index is 13.6. The van der Waals surface area contributed by atoms with E-state index < -0.39 is 10.8 Å². The summed E-state index contributed by atoms with van der Waals surface area (Å²) in [4.78, 5) is 28.9. The molecule has 7 heteroatoms. The van der Waals surface area contributed by atoms with Gasteiger partial charge in [0, 0.05) is 16.6 Å². The van der Waals surface area contributed by atoms with Gasteiger partial charge in [-0.05, 0) is 61.4 Å². The van der Waals surface area contributed by atoms with Crippen LogP contribution < -0.4 is 10.2 Å². The molecule has 1 aliphatic heterocycles. The van der Waals surface area contributed by atoms with Gasteiger partial charge in [0.15, 0.2) is 0 Å². The van der Waals surface area contributed by atoms with Crippen LogP contribution in [-0.2, 0) is 17.3 Å². The first kappa shape index (κ1) is 22.2. The lowest BCUT2D eigenvalue weighted by molar-refractivity contribution is 0.0936. The van der Waals surface area contributed by atoms with Crippen molar-refractivity contribution in [2.24, 2.45) is 0 Å². The fourth-order valence-corrected chi connectivity index (χ4v) is 5.01. The van der Waals surface area contributed by atoms with Crippen LogP contribution >= 0.6 is 11.6 Å². The first-order chi connectivity index (χ1) is 15.4. The highest BCUT2D eigenvalue weighted by Crippen LogP contribution is 2.36. The molecule has 0 radical (unpaired) electrons. The number of hydrogen-bond acceptors (Lipinski definition) is 3. The van der Waals surface area contributed by atoms with Gasteiger partial charge in [0.25, 0.3) is 11.8 Å². The van der Waals surface area contributed by atoms with Gasteiger partial charge < -0.3 is 10.2 Å². The second-order valence-corrected chi connectivity index (χ2v) is 9.60. The van der Waals surface area contributed by atoms with Gasteiger partial charge in [-0.2, -0.15) is 0 Å². The van der Waals surface area contributed by atoms with Crippen LogP contribution in [0.3, 0.4) is 0 Å². The Kier molecular flexibility index (Phi) is 6.44. The zero-order valence-electron chi connectivity index (χ0n) is 17.8. The highest BCUT2D eigenvalue weighted by Gasteiger charge is 2.31. The lowest BCUT2D eigenvalue weighted by Crippen LogP contribution is -2.33. The predicted octanol–water partition coefficient (Wildman–Crippen LogP) is 5.20. The molecule has 2 atom stereocenters. The van der Waals surface area contributed by atoms with Crippen molar-refractivity contribution < 1.29 is 13.8 Å². The third kappa shape index (κ3) is 4.33. The number of benzene rings is 3. The van der Waals surface area contributed by atoms with Crippen molar-refractivity contribution in [3.8, 4) is 0 Å². The van der Waals surface area contributed by atoms with E-state index in [1.54, 1.807) is 59.5 Å². The number of rotatable bonds is 5. The molecule has 1 N–H and O–H groups in total. The Bertz CT molecular complexity index is 1210. The SMILES string of the molecule is CC[C@H](C)NC(=O)c1ccc2c(c1)N(Cc1ccc(Cl)cc1)C(=O)c1ccccc1[S@]2=O. The molecule has 0 fully saturated rings. The summed E-state index contributed by atoms with van der Waals surface area (Å²) in [6.07, 6.45) is 0.803. The zero-order valence-corrected chi connectivity index (χ0v) is 19.4. The Hall–Kier alpha value is -2.96. The molecule has 0 saturated heterocycles. The average Bonchev–Trinajstić information content (AvgIpc) is 2.89. The summed E-state index contributed by atoms with van der Waals surface area (Å²) in [6, 6.07) is 19.2. The van der Waals surface area contributed by atoms with Gasteiger partial charge in [0.05, 0.1) is 38.4 Å². The highest BCUT2D eigenvalue weighted by molar-refractivity contribution is 7.85. The Balaban J connectivity index is 1.84. The van der Waals surface area contributed by atoms with Crippen LogP contribution in [0.5, 0.6) is 0 Å². The average molecular weight is 467 g/mol. The molecule has 1 aliphatic rings. The van der Waals surface area contributed by atoms with Crippen LogP contribution in [-0.4, -0.2) is 22.1 Å². The molecule has 164 valence electrons. The number of nitrogens with zero attached hydrogens (tertiary/aromatic N) is 1. The first-order valence-corrected chi connectivity index (χ1v) is 11.9. The van der Waals surface area contributed by atoms with Crippen LogP contribution in [0.25, 0.3) is 0 Å². The minimum absolute atomic E-state index is 0.0199. The molecule has 5 nitrogen and oxygen atoms in total. The number of hydrogen-bond donors (Lipinski definition) is 1. The fraction of sp³-hybridized carbons (Fsp3) is 0.200. The van der Waals surface area contributed by atoms with E-state index in [1.165, 1.54) is 0 Å². The Morgan fingerprint density at radius 2 is 1.78 bits per heavy atom. The van der Waals surface area contributed by atoms with Crippen LogP contribution in [0.4, 0.5) is 5.69 Å². The summed E-state index contributed by atoms with van der Waals surface area (Å²) in [6.45, 7) is 4.18. The Morgan fingerprint density at radius 1 is 1.06 bits per heavy atom. The number of carbonyl (C=O) groups excluding carboxylic acids is 2. The minimum atomic E-state index is -1.56. The van der Waals surface area contributed by atoms with Crippen molar-refractivity contribution in [1.29, 1.82) is 0 Å². The maximum absolute atomic E-state index is 13.6. The van der Waals surface area contributed by atoms with Crippen LogP contribution in [0.2, 0.25) is 5.02 Å². The maximum Gasteiger partial charge on any atom is 0.259 e. The van der Waals surface area contributed by atoms with Crippen molar-refractivity contribution in [3.05, 3.63) is 88.4 Å². The third-order valence-electron chi connectivity index (χ3n) is 5.52. The largest absolute Gasteiger partial charge is 0.350 e. The van der Waals surface area contributed by atoms with Crippen molar-refractivity contribution in [1.82, 2.24) is 5.32 Å². The number of nitrogens with one attached hydrogen (secondary N) is 1. The molecule has 3 aromatic rings. The molecular weight excluding hydrogens is 444 g/mol. The van der Waals surface area contributed by atoms with E-state index in [-0.39, 0.29) is 24.4 Å². The van der Waals surface area contributed by atoms with E-state index in [0.29, 0.717) is 31.6 Å². The van der Waals surface area contributed by atoms with Crippen LogP contribution in [0.15, 0.2) is 76.5 Å². The van der Waals surface area contributed by atoms with Gasteiger partial charge in [0.2, 0.25) is 0 Å². The van der Waals surface area contributed by atoms with Gasteiger partial charge in [-0.25, -0.2) is 4.21 Å². The summed E-state index contributed by atoms with van der Waals surface area (Å²) in [7, 11) is -1.56. The topological polar surface area (TPSA) is 66.5 Å². The molecule has 32 heavy (non-hydrogen) atoms. The van der Waals surface area contributed by atoms with Gasteiger partial charge in [0.1, 0.15) is 0 Å². The fourth-order valence-electron chi connectivity index (χ4n) is 3.54. The van der Waals surface area contributed by atoms with Gasteiger partial charge in [-0.3, -0.25) is 9.59 Å². The minimum Gasteiger partial charge on any atom is -0.350 e. The van der Waals surface area contributed by atoms with E-state index >= 15 is 0 Å². The first-order valence-electron chi connectivity index (χ1n) is 10.4. The summed E-state index contributed by atoms with van der Waals surface area (Å²) >= 11 is 6.02. The molecule has 0 aliphatic carbocycles. The van der Waals surface area contributed by atoms with Crippen LogP contribution in [0.1, 0.15) is 46.5 Å². The second-order valence-electron chi connectivity index (χ2n) is 7.75. The highest BCUT2D eigenvalue weighted by atomic mass is 35.5. The van der Waals surface area contributed by atoms with Crippen molar-refractivity contribution in [3.63, 3.8) is 0 Å². The summed E-state index contributed by atoms with van der Waals surface area (Å²) in [5.74, 6) is -0.490. The molecule has 0 aromatic heterocycles. The molecule has 3 aromatic carbocycles.